The third-order valence-corrected chi connectivity index (χ3v) is 4.26. The van der Waals surface area contributed by atoms with E-state index in [4.69, 9.17) is 9.47 Å². The normalized spacial score (nSPS) is 16.5. The van der Waals surface area contributed by atoms with E-state index < -0.39 is 0 Å². The van der Waals surface area contributed by atoms with E-state index in [-0.39, 0.29) is 12.2 Å². The van der Waals surface area contributed by atoms with Crippen LogP contribution in [-0.4, -0.2) is 23.9 Å². The zero-order valence-corrected chi connectivity index (χ0v) is 15.8. The summed E-state index contributed by atoms with van der Waals surface area (Å²) in [4.78, 5) is 0. The van der Waals surface area contributed by atoms with Crippen molar-refractivity contribution >= 4 is 11.1 Å². The van der Waals surface area contributed by atoms with Crippen LogP contribution in [0.5, 0.6) is 11.5 Å². The molecule has 0 aromatic heterocycles. The van der Waals surface area contributed by atoms with E-state index >= 15 is 0 Å². The minimum atomic E-state index is -0.327. The summed E-state index contributed by atoms with van der Waals surface area (Å²) in [6, 6.07) is 4.17. The highest BCUT2D eigenvalue weighted by Gasteiger charge is 2.29. The maximum absolute atomic E-state index is 9.34. The Morgan fingerprint density at radius 2 is 2.00 bits per heavy atom. The first-order chi connectivity index (χ1) is 11.3. The topological polar surface area (TPSA) is 38.7 Å². The molecule has 24 heavy (non-hydrogen) atoms. The molecule has 0 radical (unpaired) electrons. The fraction of sp³-hybridized carbons (Fsp3) is 0.524. The van der Waals surface area contributed by atoms with Gasteiger partial charge in [-0.2, -0.15) is 0 Å². The van der Waals surface area contributed by atoms with Crippen molar-refractivity contribution in [3.63, 3.8) is 0 Å². The van der Waals surface area contributed by atoms with E-state index in [1.807, 2.05) is 19.1 Å². The molecule has 1 N–H and O–H groups in total. The van der Waals surface area contributed by atoms with Crippen LogP contribution in [0.3, 0.4) is 0 Å². The van der Waals surface area contributed by atoms with Crippen molar-refractivity contribution in [2.24, 2.45) is 5.92 Å². The van der Waals surface area contributed by atoms with Gasteiger partial charge in [0.1, 0.15) is 17.1 Å². The predicted octanol–water partition coefficient (Wildman–Crippen LogP) is 5.08. The molecule has 1 heterocycles. The van der Waals surface area contributed by atoms with E-state index in [0.717, 1.165) is 34.6 Å². The standard InChI is InChI=1S/C21H30O3/c1-7-15(9-10-22)16-11-17-18(14(3)4)13-21(5,6)24-20(17)12-19(16)23-8-2/h9,11-14,22H,7-8,10H2,1-6H3/b15-9-. The molecule has 2 rings (SSSR count). The summed E-state index contributed by atoms with van der Waals surface area (Å²) >= 11 is 0. The van der Waals surface area contributed by atoms with Gasteiger partial charge in [-0.15, -0.1) is 0 Å². The lowest BCUT2D eigenvalue weighted by Gasteiger charge is -2.33. The van der Waals surface area contributed by atoms with Crippen LogP contribution in [0.15, 0.2) is 24.3 Å². The molecule has 0 aliphatic carbocycles. The summed E-state index contributed by atoms with van der Waals surface area (Å²) in [5.41, 5.74) is 4.23. The van der Waals surface area contributed by atoms with Gasteiger partial charge in [0.15, 0.2) is 0 Å². The lowest BCUT2D eigenvalue weighted by Crippen LogP contribution is -2.29. The van der Waals surface area contributed by atoms with Gasteiger partial charge in [0.05, 0.1) is 13.2 Å². The number of allylic oxidation sites excluding steroid dienone is 2. The van der Waals surface area contributed by atoms with Crippen molar-refractivity contribution in [3.8, 4) is 11.5 Å². The molecule has 3 nitrogen and oxygen atoms in total. The van der Waals surface area contributed by atoms with Crippen molar-refractivity contribution in [3.05, 3.63) is 35.4 Å². The molecular weight excluding hydrogens is 300 g/mol. The Morgan fingerprint density at radius 1 is 1.29 bits per heavy atom. The van der Waals surface area contributed by atoms with Gasteiger partial charge in [-0.1, -0.05) is 26.8 Å². The minimum absolute atomic E-state index is 0.0300. The van der Waals surface area contributed by atoms with Crippen molar-refractivity contribution < 1.29 is 14.6 Å². The highest BCUT2D eigenvalue weighted by Crippen LogP contribution is 2.44. The summed E-state index contributed by atoms with van der Waals surface area (Å²) in [7, 11) is 0. The van der Waals surface area contributed by atoms with Gasteiger partial charge >= 0.3 is 0 Å². The molecule has 3 heteroatoms. The number of rotatable bonds is 6. The monoisotopic (exact) mass is 330 g/mol. The average Bonchev–Trinajstić information content (AvgIpc) is 2.51. The van der Waals surface area contributed by atoms with Crippen LogP contribution >= 0.6 is 0 Å². The molecule has 0 unspecified atom stereocenters. The molecule has 0 saturated heterocycles. The first-order valence-electron chi connectivity index (χ1n) is 8.86. The van der Waals surface area contributed by atoms with E-state index in [9.17, 15) is 5.11 Å². The highest BCUT2D eigenvalue weighted by atomic mass is 16.5. The van der Waals surface area contributed by atoms with Crippen molar-refractivity contribution in [1.82, 2.24) is 0 Å². The highest BCUT2D eigenvalue weighted by molar-refractivity contribution is 5.81. The van der Waals surface area contributed by atoms with Crippen molar-refractivity contribution in [2.45, 2.75) is 53.6 Å². The van der Waals surface area contributed by atoms with Crippen LogP contribution in [0, 0.1) is 5.92 Å². The lowest BCUT2D eigenvalue weighted by atomic mass is 9.86. The fourth-order valence-corrected chi connectivity index (χ4v) is 3.19. The number of aliphatic hydroxyl groups excluding tert-OH is 1. The summed E-state index contributed by atoms with van der Waals surface area (Å²) in [6.45, 7) is 13.3. The molecule has 0 spiro atoms. The van der Waals surface area contributed by atoms with Crippen LogP contribution in [-0.2, 0) is 0 Å². The fourth-order valence-electron chi connectivity index (χ4n) is 3.19. The van der Waals surface area contributed by atoms with Gasteiger partial charge in [-0.3, -0.25) is 0 Å². The lowest BCUT2D eigenvalue weighted by molar-refractivity contribution is 0.156. The third kappa shape index (κ3) is 3.84. The Kier molecular flexibility index (Phi) is 5.76. The van der Waals surface area contributed by atoms with Gasteiger partial charge in [-0.05, 0) is 56.4 Å². The Morgan fingerprint density at radius 3 is 2.54 bits per heavy atom. The molecule has 0 saturated carbocycles. The van der Waals surface area contributed by atoms with E-state index in [1.54, 1.807) is 0 Å². The second kappa shape index (κ2) is 7.43. The molecule has 0 fully saturated rings. The van der Waals surface area contributed by atoms with E-state index in [2.05, 4.69) is 46.8 Å². The van der Waals surface area contributed by atoms with Gasteiger partial charge in [0.25, 0.3) is 0 Å². The zero-order chi connectivity index (χ0) is 17.9. The Balaban J connectivity index is 2.67. The van der Waals surface area contributed by atoms with E-state index in [0.29, 0.717) is 12.5 Å². The minimum Gasteiger partial charge on any atom is -0.493 e. The smallest absolute Gasteiger partial charge is 0.131 e. The number of fused-ring (bicyclic) bond motifs is 1. The van der Waals surface area contributed by atoms with Gasteiger partial charge in [0.2, 0.25) is 0 Å². The Labute approximate surface area is 146 Å². The van der Waals surface area contributed by atoms with Crippen LogP contribution in [0.2, 0.25) is 0 Å². The first-order valence-corrected chi connectivity index (χ1v) is 8.86. The second-order valence-corrected chi connectivity index (χ2v) is 7.00. The Hall–Kier alpha value is -1.74. The molecule has 1 aliphatic rings. The largest absolute Gasteiger partial charge is 0.493 e. The maximum Gasteiger partial charge on any atom is 0.131 e. The quantitative estimate of drug-likeness (QED) is 0.790. The van der Waals surface area contributed by atoms with E-state index in [1.165, 1.54) is 5.57 Å². The number of hydrogen-bond donors (Lipinski definition) is 1. The van der Waals surface area contributed by atoms with Crippen LogP contribution < -0.4 is 9.47 Å². The molecule has 0 amide bonds. The number of hydrogen-bond acceptors (Lipinski definition) is 3. The number of benzene rings is 1. The number of ether oxygens (including phenoxy) is 2. The van der Waals surface area contributed by atoms with Crippen LogP contribution in [0.25, 0.3) is 11.1 Å². The van der Waals surface area contributed by atoms with Crippen molar-refractivity contribution in [1.29, 1.82) is 0 Å². The van der Waals surface area contributed by atoms with Crippen LogP contribution in [0.1, 0.15) is 59.1 Å². The summed E-state index contributed by atoms with van der Waals surface area (Å²) < 4.78 is 12.1. The summed E-state index contributed by atoms with van der Waals surface area (Å²) in [5.74, 6) is 2.10. The Bertz CT molecular complexity index is 651. The summed E-state index contributed by atoms with van der Waals surface area (Å²) in [5, 5.41) is 9.34. The maximum atomic E-state index is 9.34. The van der Waals surface area contributed by atoms with Crippen LogP contribution in [0.4, 0.5) is 0 Å². The molecule has 132 valence electrons. The van der Waals surface area contributed by atoms with Gasteiger partial charge in [0, 0.05) is 17.2 Å². The first kappa shape index (κ1) is 18.6. The number of aliphatic hydroxyl groups is 1. The second-order valence-electron chi connectivity index (χ2n) is 7.00. The molecule has 1 aliphatic heterocycles. The molecular formula is C21H30O3. The predicted molar refractivity (Wildman–Crippen MR) is 100 cm³/mol. The molecule has 1 aromatic carbocycles. The van der Waals surface area contributed by atoms with Gasteiger partial charge < -0.3 is 14.6 Å². The SMILES string of the molecule is CCOc1cc2c(cc1/C(=C\CO)CC)C(C(C)C)=CC(C)(C)O2. The molecule has 1 aromatic rings. The van der Waals surface area contributed by atoms with Gasteiger partial charge in [-0.25, -0.2) is 0 Å². The van der Waals surface area contributed by atoms with Crippen molar-refractivity contribution in [2.75, 3.05) is 13.2 Å². The third-order valence-electron chi connectivity index (χ3n) is 4.26. The molecule has 0 bridgehead atoms. The molecule has 0 atom stereocenters. The zero-order valence-electron chi connectivity index (χ0n) is 15.8. The summed E-state index contributed by atoms with van der Waals surface area (Å²) in [6.07, 6.45) is 4.91. The average molecular weight is 330 g/mol.